The molecule has 1 atom stereocenters. The third kappa shape index (κ3) is 5.37. The first kappa shape index (κ1) is 19.6. The second-order valence-corrected chi connectivity index (χ2v) is 10.2. The number of carbonyl (C=O) groups excluding carboxylic acids is 1. The Bertz CT molecular complexity index is 807. The number of rotatable bonds is 6. The first-order valence-corrected chi connectivity index (χ1v) is 10.3. The Labute approximate surface area is 152 Å². The molecule has 0 saturated carbocycles. The highest BCUT2D eigenvalue weighted by Crippen LogP contribution is 2.31. The lowest BCUT2D eigenvalue weighted by Gasteiger charge is -2.20. The van der Waals surface area contributed by atoms with E-state index in [1.54, 1.807) is 17.5 Å². The summed E-state index contributed by atoms with van der Waals surface area (Å²) in [5, 5.41) is 3.62. The Kier molecular flexibility index (Phi) is 6.00. The van der Waals surface area contributed by atoms with Gasteiger partial charge in [-0.15, -0.1) is 11.3 Å². The van der Waals surface area contributed by atoms with Crippen LogP contribution < -0.4 is 5.32 Å². The van der Waals surface area contributed by atoms with Gasteiger partial charge in [0.25, 0.3) is 0 Å². The highest BCUT2D eigenvalue weighted by molar-refractivity contribution is 7.91. The molecule has 0 fully saturated rings. The van der Waals surface area contributed by atoms with Crippen LogP contribution in [0.15, 0.2) is 46.7 Å². The maximum atomic E-state index is 13.1. The summed E-state index contributed by atoms with van der Waals surface area (Å²) in [6.07, 6.45) is 0.306. The number of amides is 1. The van der Waals surface area contributed by atoms with E-state index < -0.39 is 20.9 Å². The molecule has 1 unspecified atom stereocenters. The molecule has 0 aliphatic carbocycles. The Balaban J connectivity index is 2.25. The molecule has 25 heavy (non-hydrogen) atoms. The summed E-state index contributed by atoms with van der Waals surface area (Å²) in [6, 6.07) is 8.24. The summed E-state index contributed by atoms with van der Waals surface area (Å²) >= 11 is 1.32. The quantitative estimate of drug-likeness (QED) is 0.768. The van der Waals surface area contributed by atoms with E-state index in [2.05, 4.69) is 5.32 Å². The van der Waals surface area contributed by atoms with Crippen molar-refractivity contribution >= 4 is 27.1 Å². The second-order valence-electron chi connectivity index (χ2n) is 7.04. The largest absolute Gasteiger partial charge is 0.354 e. The maximum Gasteiger partial charge on any atom is 0.220 e. The molecule has 2 aromatic rings. The van der Waals surface area contributed by atoms with Gasteiger partial charge in [-0.2, -0.15) is 0 Å². The molecule has 1 aromatic heterocycles. The van der Waals surface area contributed by atoms with Gasteiger partial charge >= 0.3 is 0 Å². The highest BCUT2D eigenvalue weighted by Gasteiger charge is 2.30. The van der Waals surface area contributed by atoms with Crippen molar-refractivity contribution in [3.05, 3.63) is 52.5 Å². The number of hydrogen-bond acceptors (Lipinski definition) is 4. The number of carbonyl (C=O) groups is 1. The zero-order chi connectivity index (χ0) is 18.7. The average Bonchev–Trinajstić information content (AvgIpc) is 2.99. The highest BCUT2D eigenvalue weighted by atomic mass is 32.2. The van der Waals surface area contributed by atoms with Gasteiger partial charge in [0.2, 0.25) is 5.91 Å². The molecule has 7 heteroatoms. The normalized spacial score (nSPS) is 13.4. The molecule has 0 bridgehead atoms. The summed E-state index contributed by atoms with van der Waals surface area (Å²) in [5.74, 6) is -0.687. The van der Waals surface area contributed by atoms with Gasteiger partial charge in [-0.3, -0.25) is 4.79 Å². The molecule has 1 aromatic carbocycles. The first-order valence-electron chi connectivity index (χ1n) is 7.89. The summed E-state index contributed by atoms with van der Waals surface area (Å²) < 4.78 is 39.1. The third-order valence-corrected chi connectivity index (χ3v) is 6.79. The van der Waals surface area contributed by atoms with Crippen molar-refractivity contribution in [2.24, 2.45) is 5.41 Å². The molecule has 0 spiro atoms. The lowest BCUT2D eigenvalue weighted by molar-refractivity contribution is -0.122. The van der Waals surface area contributed by atoms with Crippen LogP contribution >= 0.6 is 11.3 Å². The molecule has 1 amide bonds. The molecule has 1 N–H and O–H groups in total. The number of hydrogen-bond donors (Lipinski definition) is 1. The van der Waals surface area contributed by atoms with Crippen LogP contribution in [0.3, 0.4) is 0 Å². The molecule has 0 aliphatic rings. The Morgan fingerprint density at radius 1 is 1.20 bits per heavy atom. The molecule has 1 heterocycles. The monoisotopic (exact) mass is 383 g/mol. The SMILES string of the molecule is CC(C)(C)CC(=O)NCC(c1cccs1)S(=O)(=O)c1ccc(F)cc1. The van der Waals surface area contributed by atoms with E-state index in [9.17, 15) is 17.6 Å². The van der Waals surface area contributed by atoms with Crippen molar-refractivity contribution in [1.82, 2.24) is 5.32 Å². The minimum Gasteiger partial charge on any atom is -0.354 e. The van der Waals surface area contributed by atoms with Crippen molar-refractivity contribution in [3.8, 4) is 0 Å². The summed E-state index contributed by atoms with van der Waals surface area (Å²) in [4.78, 5) is 12.8. The second kappa shape index (κ2) is 7.66. The number of thiophene rings is 1. The van der Waals surface area contributed by atoms with Crippen LogP contribution in [0.5, 0.6) is 0 Å². The lowest BCUT2D eigenvalue weighted by Crippen LogP contribution is -2.33. The lowest BCUT2D eigenvalue weighted by atomic mass is 9.92. The fourth-order valence-electron chi connectivity index (χ4n) is 2.38. The van der Waals surface area contributed by atoms with Gasteiger partial charge in [0.1, 0.15) is 11.1 Å². The Morgan fingerprint density at radius 3 is 2.36 bits per heavy atom. The minimum atomic E-state index is -3.75. The standard InChI is InChI=1S/C18H22FNO3S2/c1-18(2,3)11-17(21)20-12-16(15-5-4-10-24-15)25(22,23)14-8-6-13(19)7-9-14/h4-10,16H,11-12H2,1-3H3,(H,20,21). The van der Waals surface area contributed by atoms with E-state index in [1.165, 1.54) is 23.5 Å². The number of nitrogens with one attached hydrogen (secondary N) is 1. The summed E-state index contributed by atoms with van der Waals surface area (Å²) in [7, 11) is -3.75. The molecule has 136 valence electrons. The van der Waals surface area contributed by atoms with Crippen molar-refractivity contribution < 1.29 is 17.6 Å². The predicted molar refractivity (Wildman–Crippen MR) is 97.7 cm³/mol. The van der Waals surface area contributed by atoms with Crippen LogP contribution in [-0.4, -0.2) is 20.9 Å². The first-order chi connectivity index (χ1) is 11.6. The molecular formula is C18H22FNO3S2. The molecule has 2 rings (SSSR count). The van der Waals surface area contributed by atoms with Gasteiger partial charge in [-0.1, -0.05) is 26.8 Å². The zero-order valence-corrected chi connectivity index (χ0v) is 16.1. The van der Waals surface area contributed by atoms with Gasteiger partial charge in [-0.25, -0.2) is 12.8 Å². The molecule has 0 saturated heterocycles. The van der Waals surface area contributed by atoms with Crippen molar-refractivity contribution in [1.29, 1.82) is 0 Å². The van der Waals surface area contributed by atoms with Crippen LogP contribution in [-0.2, 0) is 14.6 Å². The average molecular weight is 384 g/mol. The maximum absolute atomic E-state index is 13.1. The van der Waals surface area contributed by atoms with Crippen molar-refractivity contribution in [2.75, 3.05) is 6.54 Å². The summed E-state index contributed by atoms with van der Waals surface area (Å²) in [6.45, 7) is 5.81. The molecule has 0 aliphatic heterocycles. The van der Waals surface area contributed by atoms with Crippen LogP contribution in [0.1, 0.15) is 37.3 Å². The number of sulfone groups is 1. The zero-order valence-electron chi connectivity index (χ0n) is 14.5. The van der Waals surface area contributed by atoms with Gasteiger partial charge < -0.3 is 5.32 Å². The van der Waals surface area contributed by atoms with E-state index in [4.69, 9.17) is 0 Å². The van der Waals surface area contributed by atoms with Crippen LogP contribution in [0.4, 0.5) is 4.39 Å². The molecule has 4 nitrogen and oxygen atoms in total. The summed E-state index contributed by atoms with van der Waals surface area (Å²) in [5.41, 5.74) is -0.182. The van der Waals surface area contributed by atoms with E-state index in [0.717, 1.165) is 12.1 Å². The van der Waals surface area contributed by atoms with E-state index in [0.29, 0.717) is 11.3 Å². The Morgan fingerprint density at radius 2 is 1.84 bits per heavy atom. The van der Waals surface area contributed by atoms with Crippen LogP contribution in [0, 0.1) is 11.2 Å². The number of benzene rings is 1. The van der Waals surface area contributed by atoms with E-state index in [1.807, 2.05) is 20.8 Å². The van der Waals surface area contributed by atoms with E-state index >= 15 is 0 Å². The number of halogens is 1. The Hall–Kier alpha value is -1.73. The third-order valence-electron chi connectivity index (χ3n) is 3.55. The minimum absolute atomic E-state index is 0.0187. The molecule has 0 radical (unpaired) electrons. The fourth-order valence-corrected chi connectivity index (χ4v) is 5.16. The van der Waals surface area contributed by atoms with Crippen molar-refractivity contribution in [3.63, 3.8) is 0 Å². The predicted octanol–water partition coefficient (Wildman–Crippen LogP) is 3.95. The fraction of sp³-hybridized carbons (Fsp3) is 0.389. The van der Waals surface area contributed by atoms with Gasteiger partial charge in [-0.05, 0) is 41.1 Å². The molecular weight excluding hydrogens is 361 g/mol. The van der Waals surface area contributed by atoms with Gasteiger partial charge in [0.05, 0.1) is 4.90 Å². The van der Waals surface area contributed by atoms with Gasteiger partial charge in [0, 0.05) is 17.8 Å². The van der Waals surface area contributed by atoms with Crippen molar-refractivity contribution in [2.45, 2.75) is 37.3 Å². The van der Waals surface area contributed by atoms with Crippen LogP contribution in [0.2, 0.25) is 0 Å². The smallest absolute Gasteiger partial charge is 0.220 e. The van der Waals surface area contributed by atoms with Crippen LogP contribution in [0.25, 0.3) is 0 Å². The van der Waals surface area contributed by atoms with Gasteiger partial charge in [0.15, 0.2) is 9.84 Å². The van der Waals surface area contributed by atoms with E-state index in [-0.39, 0.29) is 22.8 Å². The topological polar surface area (TPSA) is 63.2 Å².